The number of pyridine rings is 1. The van der Waals surface area contributed by atoms with Crippen LogP contribution in [0.3, 0.4) is 0 Å². The van der Waals surface area contributed by atoms with Crippen LogP contribution in [0.5, 0.6) is 0 Å². The van der Waals surface area contributed by atoms with Crippen molar-refractivity contribution in [3.05, 3.63) is 35.9 Å². The quantitative estimate of drug-likeness (QED) is 0.846. The molecule has 1 fully saturated rings. The molecule has 0 aromatic carbocycles. The van der Waals surface area contributed by atoms with Gasteiger partial charge in [0.15, 0.2) is 0 Å². The zero-order valence-electron chi connectivity index (χ0n) is 10.9. The van der Waals surface area contributed by atoms with E-state index < -0.39 is 5.92 Å². The van der Waals surface area contributed by atoms with Gasteiger partial charge in [-0.2, -0.15) is 5.26 Å². The third kappa shape index (κ3) is 2.37. The number of hydrogen-bond donors (Lipinski definition) is 0. The van der Waals surface area contributed by atoms with E-state index in [0.717, 1.165) is 11.2 Å². The van der Waals surface area contributed by atoms with Crippen molar-refractivity contribution in [2.75, 3.05) is 13.1 Å². The average Bonchev–Trinajstić information content (AvgIpc) is 2.80. The van der Waals surface area contributed by atoms with E-state index in [0.29, 0.717) is 25.5 Å². The van der Waals surface area contributed by atoms with E-state index in [4.69, 9.17) is 5.26 Å². The fourth-order valence-electron chi connectivity index (χ4n) is 2.55. The number of hydrogen-bond acceptors (Lipinski definition) is 3. The molecule has 1 aliphatic heterocycles. The zero-order chi connectivity index (χ0) is 14.2. The standard InChI is InChI=1S/C14H14F2N4/c15-14(16)4-7-19(8-5-14)10-11-12-3-1-2-6-20(12)13(9-17)18-11/h1-3,6H,4-5,7-8,10H2. The van der Waals surface area contributed by atoms with Gasteiger partial charge in [-0.1, -0.05) is 6.07 Å². The van der Waals surface area contributed by atoms with Gasteiger partial charge in [-0.3, -0.25) is 9.30 Å². The lowest BCUT2D eigenvalue weighted by molar-refractivity contribution is -0.0567. The lowest BCUT2D eigenvalue weighted by atomic mass is 10.1. The largest absolute Gasteiger partial charge is 0.297 e. The highest BCUT2D eigenvalue weighted by Gasteiger charge is 2.34. The SMILES string of the molecule is N#Cc1nc(CN2CCC(F)(F)CC2)c2ccccn12. The normalized spacial score (nSPS) is 19.1. The van der Waals surface area contributed by atoms with Gasteiger partial charge in [0.1, 0.15) is 6.07 Å². The van der Waals surface area contributed by atoms with Crippen molar-refractivity contribution < 1.29 is 8.78 Å². The Kier molecular flexibility index (Phi) is 3.14. The highest BCUT2D eigenvalue weighted by atomic mass is 19.3. The van der Waals surface area contributed by atoms with Crippen LogP contribution in [0, 0.1) is 11.3 Å². The summed E-state index contributed by atoms with van der Waals surface area (Å²) in [6.07, 6.45) is 1.57. The number of nitriles is 1. The molecule has 0 spiro atoms. The predicted molar refractivity (Wildman–Crippen MR) is 69.4 cm³/mol. The van der Waals surface area contributed by atoms with Gasteiger partial charge in [0, 0.05) is 38.7 Å². The lowest BCUT2D eigenvalue weighted by Crippen LogP contribution is -2.38. The fraction of sp³-hybridized carbons (Fsp3) is 0.429. The minimum Gasteiger partial charge on any atom is -0.297 e. The molecule has 3 rings (SSSR count). The molecular formula is C14H14F2N4. The first-order valence-electron chi connectivity index (χ1n) is 6.55. The Balaban J connectivity index is 1.84. The monoisotopic (exact) mass is 276 g/mol. The van der Waals surface area contributed by atoms with E-state index in [1.807, 2.05) is 23.1 Å². The number of alkyl halides is 2. The van der Waals surface area contributed by atoms with Crippen molar-refractivity contribution in [2.24, 2.45) is 0 Å². The molecule has 104 valence electrons. The van der Waals surface area contributed by atoms with E-state index in [1.54, 1.807) is 10.6 Å². The van der Waals surface area contributed by atoms with Gasteiger partial charge >= 0.3 is 0 Å². The minimum atomic E-state index is -2.54. The highest BCUT2D eigenvalue weighted by Crippen LogP contribution is 2.28. The molecule has 0 aliphatic carbocycles. The number of halogens is 2. The molecule has 0 saturated carbocycles. The van der Waals surface area contributed by atoms with E-state index in [9.17, 15) is 8.78 Å². The molecule has 3 heterocycles. The van der Waals surface area contributed by atoms with Gasteiger partial charge in [-0.25, -0.2) is 13.8 Å². The average molecular weight is 276 g/mol. The summed E-state index contributed by atoms with van der Waals surface area (Å²) in [5.41, 5.74) is 1.63. The number of imidazole rings is 1. The summed E-state index contributed by atoms with van der Waals surface area (Å²) >= 11 is 0. The number of nitrogens with zero attached hydrogens (tertiary/aromatic N) is 4. The van der Waals surface area contributed by atoms with Gasteiger partial charge < -0.3 is 0 Å². The summed E-state index contributed by atoms with van der Waals surface area (Å²) in [5, 5.41) is 9.08. The van der Waals surface area contributed by atoms with Gasteiger partial charge in [0.25, 0.3) is 5.92 Å². The summed E-state index contributed by atoms with van der Waals surface area (Å²) in [6.45, 7) is 1.23. The van der Waals surface area contributed by atoms with Gasteiger partial charge in [0.2, 0.25) is 5.82 Å². The third-order valence-electron chi connectivity index (χ3n) is 3.69. The third-order valence-corrected chi connectivity index (χ3v) is 3.69. The van der Waals surface area contributed by atoms with Crippen molar-refractivity contribution >= 4 is 5.52 Å². The van der Waals surface area contributed by atoms with Crippen molar-refractivity contribution in [1.29, 1.82) is 5.26 Å². The van der Waals surface area contributed by atoms with Crippen molar-refractivity contribution in [3.8, 4) is 6.07 Å². The molecular weight excluding hydrogens is 262 g/mol. The first-order valence-corrected chi connectivity index (χ1v) is 6.55. The minimum absolute atomic E-state index is 0.107. The summed E-state index contributed by atoms with van der Waals surface area (Å²) in [5.74, 6) is -2.21. The van der Waals surface area contributed by atoms with Crippen LogP contribution in [0.2, 0.25) is 0 Å². The number of piperidine rings is 1. The Morgan fingerprint density at radius 1 is 1.30 bits per heavy atom. The second kappa shape index (κ2) is 4.84. The number of rotatable bonds is 2. The Bertz CT molecular complexity index is 661. The fourth-order valence-corrected chi connectivity index (χ4v) is 2.55. The molecule has 0 atom stereocenters. The van der Waals surface area contributed by atoms with Crippen molar-refractivity contribution in [3.63, 3.8) is 0 Å². The molecule has 20 heavy (non-hydrogen) atoms. The molecule has 1 aliphatic rings. The maximum absolute atomic E-state index is 13.1. The first-order chi connectivity index (χ1) is 9.59. The topological polar surface area (TPSA) is 44.3 Å². The Morgan fingerprint density at radius 2 is 2.05 bits per heavy atom. The molecule has 2 aromatic heterocycles. The Hall–Kier alpha value is -2.00. The van der Waals surface area contributed by atoms with Gasteiger partial charge in [-0.15, -0.1) is 0 Å². The number of likely N-dealkylation sites (tertiary alicyclic amines) is 1. The molecule has 2 aromatic rings. The molecule has 1 saturated heterocycles. The van der Waals surface area contributed by atoms with Crippen LogP contribution >= 0.6 is 0 Å². The van der Waals surface area contributed by atoms with E-state index >= 15 is 0 Å². The Morgan fingerprint density at radius 3 is 2.75 bits per heavy atom. The molecule has 0 N–H and O–H groups in total. The molecule has 6 heteroatoms. The second-order valence-electron chi connectivity index (χ2n) is 5.08. The molecule has 4 nitrogen and oxygen atoms in total. The lowest BCUT2D eigenvalue weighted by Gasteiger charge is -2.31. The predicted octanol–water partition coefficient (Wildman–Crippen LogP) is 2.44. The van der Waals surface area contributed by atoms with E-state index in [1.165, 1.54) is 0 Å². The van der Waals surface area contributed by atoms with E-state index in [2.05, 4.69) is 11.1 Å². The van der Waals surface area contributed by atoms with Crippen LogP contribution in [-0.4, -0.2) is 33.3 Å². The summed E-state index contributed by atoms with van der Waals surface area (Å²) in [4.78, 5) is 6.28. The Labute approximate surface area is 115 Å². The van der Waals surface area contributed by atoms with Crippen molar-refractivity contribution in [1.82, 2.24) is 14.3 Å². The van der Waals surface area contributed by atoms with Crippen LogP contribution in [-0.2, 0) is 6.54 Å². The van der Waals surface area contributed by atoms with E-state index in [-0.39, 0.29) is 12.8 Å². The van der Waals surface area contributed by atoms with Gasteiger partial charge in [0.05, 0.1) is 11.2 Å². The second-order valence-corrected chi connectivity index (χ2v) is 5.08. The zero-order valence-corrected chi connectivity index (χ0v) is 10.9. The number of fused-ring (bicyclic) bond motifs is 1. The van der Waals surface area contributed by atoms with Crippen LogP contribution in [0.25, 0.3) is 5.52 Å². The maximum Gasteiger partial charge on any atom is 0.250 e. The molecule has 0 unspecified atom stereocenters. The van der Waals surface area contributed by atoms with Gasteiger partial charge in [-0.05, 0) is 12.1 Å². The summed E-state index contributed by atoms with van der Waals surface area (Å²) in [6, 6.07) is 7.66. The highest BCUT2D eigenvalue weighted by molar-refractivity contribution is 5.54. The molecule has 0 bridgehead atoms. The maximum atomic E-state index is 13.1. The number of aromatic nitrogens is 2. The first kappa shape index (κ1) is 13.0. The van der Waals surface area contributed by atoms with Crippen LogP contribution in [0.1, 0.15) is 24.4 Å². The smallest absolute Gasteiger partial charge is 0.250 e. The summed E-state index contributed by atoms with van der Waals surface area (Å²) in [7, 11) is 0. The molecule has 0 radical (unpaired) electrons. The van der Waals surface area contributed by atoms with Crippen LogP contribution in [0.15, 0.2) is 24.4 Å². The van der Waals surface area contributed by atoms with Crippen molar-refractivity contribution in [2.45, 2.75) is 25.3 Å². The molecule has 0 amide bonds. The van der Waals surface area contributed by atoms with Crippen LogP contribution < -0.4 is 0 Å². The van der Waals surface area contributed by atoms with Crippen LogP contribution in [0.4, 0.5) is 8.78 Å². The summed E-state index contributed by atoms with van der Waals surface area (Å²) < 4.78 is 28.0.